The Bertz CT molecular complexity index is 369. The first-order valence-corrected chi connectivity index (χ1v) is 6.09. The van der Waals surface area contributed by atoms with Crippen LogP contribution in [0.1, 0.15) is 32.6 Å². The monoisotopic (exact) mass is 240 g/mol. The highest BCUT2D eigenvalue weighted by Gasteiger charge is 2.22. The molecule has 0 spiro atoms. The standard InChI is InChI=1S/C11H17ClN4/c1-7-4-2-3-5-9(7)15-10-8(13)6-14-11(12)16-10/h6-7,9H,2-5,13H2,1H3,(H,14,15,16). The molecule has 1 saturated carbocycles. The summed E-state index contributed by atoms with van der Waals surface area (Å²) in [6.45, 7) is 2.26. The van der Waals surface area contributed by atoms with Crippen molar-refractivity contribution in [2.45, 2.75) is 38.6 Å². The van der Waals surface area contributed by atoms with Crippen LogP contribution < -0.4 is 11.1 Å². The number of halogens is 1. The van der Waals surface area contributed by atoms with Crippen LogP contribution in [-0.2, 0) is 0 Å². The molecule has 1 aromatic heterocycles. The van der Waals surface area contributed by atoms with Crippen LogP contribution in [0.15, 0.2) is 6.20 Å². The van der Waals surface area contributed by atoms with E-state index in [0.29, 0.717) is 23.5 Å². The Morgan fingerprint density at radius 1 is 1.44 bits per heavy atom. The van der Waals surface area contributed by atoms with Crippen LogP contribution in [0.3, 0.4) is 0 Å². The highest BCUT2D eigenvalue weighted by atomic mass is 35.5. The van der Waals surface area contributed by atoms with E-state index in [2.05, 4.69) is 22.2 Å². The molecule has 0 saturated heterocycles. The van der Waals surface area contributed by atoms with Crippen LogP contribution in [0.2, 0.25) is 5.28 Å². The number of hydrogen-bond acceptors (Lipinski definition) is 4. The van der Waals surface area contributed by atoms with E-state index in [4.69, 9.17) is 17.3 Å². The summed E-state index contributed by atoms with van der Waals surface area (Å²) in [5.41, 5.74) is 6.36. The smallest absolute Gasteiger partial charge is 0.224 e. The van der Waals surface area contributed by atoms with Crippen molar-refractivity contribution in [3.8, 4) is 0 Å². The molecule has 4 nitrogen and oxygen atoms in total. The summed E-state index contributed by atoms with van der Waals surface area (Å²) >= 11 is 5.75. The van der Waals surface area contributed by atoms with Crippen LogP contribution in [0.25, 0.3) is 0 Å². The van der Waals surface area contributed by atoms with E-state index in [1.807, 2.05) is 0 Å². The van der Waals surface area contributed by atoms with Crippen molar-refractivity contribution in [2.24, 2.45) is 5.92 Å². The number of rotatable bonds is 2. The summed E-state index contributed by atoms with van der Waals surface area (Å²) in [5, 5.41) is 3.62. The van der Waals surface area contributed by atoms with Crippen molar-refractivity contribution < 1.29 is 0 Å². The minimum absolute atomic E-state index is 0.236. The predicted octanol–water partition coefficient (Wildman–Crippen LogP) is 2.70. The second-order valence-corrected chi connectivity index (χ2v) is 4.79. The van der Waals surface area contributed by atoms with Gasteiger partial charge in [-0.05, 0) is 30.4 Å². The van der Waals surface area contributed by atoms with Gasteiger partial charge in [0.25, 0.3) is 0 Å². The summed E-state index contributed by atoms with van der Waals surface area (Å²) in [6, 6.07) is 0.446. The summed E-state index contributed by atoms with van der Waals surface area (Å²) in [4.78, 5) is 7.96. The molecule has 2 rings (SSSR count). The van der Waals surface area contributed by atoms with Crippen molar-refractivity contribution in [3.63, 3.8) is 0 Å². The van der Waals surface area contributed by atoms with Gasteiger partial charge in [0.15, 0.2) is 5.82 Å². The zero-order valence-electron chi connectivity index (χ0n) is 9.41. The molecule has 1 aliphatic carbocycles. The Morgan fingerprint density at radius 3 is 2.94 bits per heavy atom. The fourth-order valence-electron chi connectivity index (χ4n) is 2.19. The van der Waals surface area contributed by atoms with Gasteiger partial charge in [0.05, 0.1) is 11.9 Å². The summed E-state index contributed by atoms with van der Waals surface area (Å²) in [5.74, 6) is 1.32. The minimum Gasteiger partial charge on any atom is -0.394 e. The SMILES string of the molecule is CC1CCCCC1Nc1nc(Cl)ncc1N. The lowest BCUT2D eigenvalue weighted by atomic mass is 9.86. The topological polar surface area (TPSA) is 63.8 Å². The molecule has 0 aliphatic heterocycles. The Balaban J connectivity index is 2.10. The number of hydrogen-bond donors (Lipinski definition) is 2. The molecule has 3 N–H and O–H groups in total. The number of anilines is 2. The highest BCUT2D eigenvalue weighted by Crippen LogP contribution is 2.28. The van der Waals surface area contributed by atoms with E-state index in [1.54, 1.807) is 6.20 Å². The van der Waals surface area contributed by atoms with Crippen molar-refractivity contribution in [1.82, 2.24) is 9.97 Å². The summed E-state index contributed by atoms with van der Waals surface area (Å²) in [6.07, 6.45) is 6.56. The molecule has 1 heterocycles. The van der Waals surface area contributed by atoms with Gasteiger partial charge >= 0.3 is 0 Å². The lowest BCUT2D eigenvalue weighted by Gasteiger charge is -2.30. The third-order valence-corrected chi connectivity index (χ3v) is 3.40. The van der Waals surface area contributed by atoms with E-state index in [0.717, 1.165) is 0 Å². The molecule has 1 aliphatic rings. The number of nitrogens with two attached hydrogens (primary N) is 1. The Hall–Kier alpha value is -1.03. The highest BCUT2D eigenvalue weighted by molar-refractivity contribution is 6.28. The van der Waals surface area contributed by atoms with Crippen molar-refractivity contribution in [3.05, 3.63) is 11.5 Å². The molecule has 1 fully saturated rings. The molecular weight excluding hydrogens is 224 g/mol. The third-order valence-electron chi connectivity index (χ3n) is 3.22. The number of nitrogens with one attached hydrogen (secondary N) is 1. The fourth-order valence-corrected chi connectivity index (χ4v) is 2.32. The predicted molar refractivity (Wildman–Crippen MR) is 66.5 cm³/mol. The first-order valence-electron chi connectivity index (χ1n) is 5.71. The Kier molecular flexibility index (Phi) is 3.49. The van der Waals surface area contributed by atoms with Gasteiger partial charge in [-0.15, -0.1) is 0 Å². The molecule has 2 unspecified atom stereocenters. The third kappa shape index (κ3) is 2.55. The van der Waals surface area contributed by atoms with E-state index in [-0.39, 0.29) is 5.28 Å². The molecule has 88 valence electrons. The van der Waals surface area contributed by atoms with Crippen molar-refractivity contribution in [2.75, 3.05) is 11.1 Å². The molecule has 0 amide bonds. The largest absolute Gasteiger partial charge is 0.394 e. The van der Waals surface area contributed by atoms with Gasteiger partial charge in [-0.2, -0.15) is 4.98 Å². The first-order chi connectivity index (χ1) is 7.66. The minimum atomic E-state index is 0.236. The van der Waals surface area contributed by atoms with Gasteiger partial charge in [0, 0.05) is 6.04 Å². The van der Waals surface area contributed by atoms with Crippen LogP contribution in [-0.4, -0.2) is 16.0 Å². The second kappa shape index (κ2) is 4.87. The van der Waals surface area contributed by atoms with Crippen LogP contribution in [0.5, 0.6) is 0 Å². The van der Waals surface area contributed by atoms with Gasteiger partial charge < -0.3 is 11.1 Å². The van der Waals surface area contributed by atoms with E-state index in [1.165, 1.54) is 25.7 Å². The molecule has 16 heavy (non-hydrogen) atoms. The van der Waals surface area contributed by atoms with Gasteiger partial charge in [-0.1, -0.05) is 19.8 Å². The van der Waals surface area contributed by atoms with E-state index < -0.39 is 0 Å². The normalized spacial score (nSPS) is 25.4. The van der Waals surface area contributed by atoms with Gasteiger partial charge in [-0.3, -0.25) is 0 Å². The quantitative estimate of drug-likeness (QED) is 0.781. The van der Waals surface area contributed by atoms with Crippen molar-refractivity contribution >= 4 is 23.1 Å². The molecule has 0 bridgehead atoms. The average Bonchev–Trinajstić information content (AvgIpc) is 2.27. The molecule has 0 aromatic carbocycles. The molecule has 0 radical (unpaired) electrons. The van der Waals surface area contributed by atoms with E-state index in [9.17, 15) is 0 Å². The van der Waals surface area contributed by atoms with Crippen LogP contribution >= 0.6 is 11.6 Å². The zero-order valence-corrected chi connectivity index (χ0v) is 10.2. The van der Waals surface area contributed by atoms with Crippen LogP contribution in [0, 0.1) is 5.92 Å². The van der Waals surface area contributed by atoms with Crippen LogP contribution in [0.4, 0.5) is 11.5 Å². The second-order valence-electron chi connectivity index (χ2n) is 4.46. The molecule has 5 heteroatoms. The number of aromatic nitrogens is 2. The maximum absolute atomic E-state index is 5.81. The molecular formula is C11H17ClN4. The maximum Gasteiger partial charge on any atom is 0.224 e. The summed E-state index contributed by atoms with van der Waals surface area (Å²) < 4.78 is 0. The van der Waals surface area contributed by atoms with Gasteiger partial charge in [-0.25, -0.2) is 4.98 Å². The molecule has 2 atom stereocenters. The zero-order chi connectivity index (χ0) is 11.5. The van der Waals surface area contributed by atoms with Gasteiger partial charge in [0.2, 0.25) is 5.28 Å². The number of nitrogen functional groups attached to an aromatic ring is 1. The number of nitrogens with zero attached hydrogens (tertiary/aromatic N) is 2. The first kappa shape index (κ1) is 11.5. The Morgan fingerprint density at radius 2 is 2.19 bits per heavy atom. The fraction of sp³-hybridized carbons (Fsp3) is 0.636. The van der Waals surface area contributed by atoms with Gasteiger partial charge in [0.1, 0.15) is 0 Å². The Labute approximate surface area is 101 Å². The lowest BCUT2D eigenvalue weighted by molar-refractivity contribution is 0.349. The average molecular weight is 241 g/mol. The molecule has 1 aromatic rings. The maximum atomic E-state index is 5.81. The summed E-state index contributed by atoms with van der Waals surface area (Å²) in [7, 11) is 0. The van der Waals surface area contributed by atoms with E-state index >= 15 is 0 Å². The van der Waals surface area contributed by atoms with Crippen molar-refractivity contribution in [1.29, 1.82) is 0 Å². The lowest BCUT2D eigenvalue weighted by Crippen LogP contribution is -2.31.